The summed E-state index contributed by atoms with van der Waals surface area (Å²) in [6, 6.07) is 19.2. The Morgan fingerprint density at radius 2 is 1.65 bits per heavy atom. The molecule has 0 amide bonds. The van der Waals surface area contributed by atoms with Crippen LogP contribution in [0.5, 0.6) is 0 Å². The fourth-order valence-corrected chi connectivity index (χ4v) is 4.62. The lowest BCUT2D eigenvalue weighted by Gasteiger charge is -2.40. The summed E-state index contributed by atoms with van der Waals surface area (Å²) < 4.78 is 7.42. The minimum Gasteiger partial charge on any atom is -0.467 e. The molecule has 178 valence electrons. The van der Waals surface area contributed by atoms with Crippen LogP contribution in [0, 0.1) is 20.8 Å². The number of benzene rings is 2. The Labute approximate surface area is 206 Å². The summed E-state index contributed by atoms with van der Waals surface area (Å²) in [5, 5.41) is 12.8. The van der Waals surface area contributed by atoms with Gasteiger partial charge < -0.3 is 9.32 Å². The van der Waals surface area contributed by atoms with Gasteiger partial charge in [0.05, 0.1) is 12.3 Å². The average Bonchev–Trinajstić information content (AvgIpc) is 3.50. The smallest absolute Gasteiger partial charge is 0.173 e. The molecule has 1 aliphatic rings. The molecule has 3 heterocycles. The fraction of sp³-hybridized carbons (Fsp3) is 0.346. The van der Waals surface area contributed by atoms with Crippen molar-refractivity contribution >= 4 is 18.1 Å². The zero-order valence-electron chi connectivity index (χ0n) is 19.9. The predicted octanol–water partition coefficient (Wildman–Crippen LogP) is 4.57. The number of furan rings is 1. The van der Waals surface area contributed by atoms with Gasteiger partial charge in [0, 0.05) is 31.9 Å². The van der Waals surface area contributed by atoms with Crippen molar-refractivity contribution in [2.75, 3.05) is 31.1 Å². The highest BCUT2D eigenvalue weighted by Crippen LogP contribution is 2.30. The maximum absolute atomic E-state index is 5.56. The summed E-state index contributed by atoms with van der Waals surface area (Å²) >= 11 is 0. The average molecular weight is 479 g/mol. The van der Waals surface area contributed by atoms with Crippen molar-refractivity contribution in [2.45, 2.75) is 33.4 Å². The molecule has 5 rings (SSSR count). The molecular weight excluding hydrogens is 448 g/mol. The second-order valence-electron chi connectivity index (χ2n) is 8.90. The fourth-order valence-electron chi connectivity index (χ4n) is 4.62. The lowest BCUT2D eigenvalue weighted by atomic mass is 10.0. The molecular formula is C26H31ClN6O. The highest BCUT2D eigenvalue weighted by Gasteiger charge is 2.31. The van der Waals surface area contributed by atoms with Crippen molar-refractivity contribution in [3.05, 3.63) is 94.7 Å². The summed E-state index contributed by atoms with van der Waals surface area (Å²) in [5.74, 6) is 1.68. The molecule has 1 atom stereocenters. The van der Waals surface area contributed by atoms with Crippen LogP contribution in [0.25, 0.3) is 0 Å². The van der Waals surface area contributed by atoms with Crippen molar-refractivity contribution < 1.29 is 4.42 Å². The summed E-state index contributed by atoms with van der Waals surface area (Å²) in [6.45, 7) is 10.8. The van der Waals surface area contributed by atoms with Crippen LogP contribution in [0.15, 0.2) is 65.3 Å². The SMILES string of the molecule is Cc1ccc(C(c2nnnn2Cc2ccco2)N2CCN(c3cc(C)ccc3C)CC2)cc1.Cl. The van der Waals surface area contributed by atoms with E-state index in [1.807, 2.05) is 16.8 Å². The largest absolute Gasteiger partial charge is 0.467 e. The van der Waals surface area contributed by atoms with Crippen molar-refractivity contribution in [3.8, 4) is 0 Å². The summed E-state index contributed by atoms with van der Waals surface area (Å²) in [5.41, 5.74) is 6.41. The van der Waals surface area contributed by atoms with Gasteiger partial charge in [-0.15, -0.1) is 17.5 Å². The van der Waals surface area contributed by atoms with Gasteiger partial charge in [-0.1, -0.05) is 42.0 Å². The molecule has 1 fully saturated rings. The van der Waals surface area contributed by atoms with E-state index in [0.717, 1.165) is 37.8 Å². The molecule has 0 bridgehead atoms. The lowest BCUT2D eigenvalue weighted by molar-refractivity contribution is 0.200. The van der Waals surface area contributed by atoms with Crippen LogP contribution in [0.3, 0.4) is 0 Å². The monoisotopic (exact) mass is 478 g/mol. The number of aromatic nitrogens is 4. The molecule has 8 heteroatoms. The highest BCUT2D eigenvalue weighted by atomic mass is 35.5. The van der Waals surface area contributed by atoms with Gasteiger partial charge >= 0.3 is 0 Å². The molecule has 7 nitrogen and oxygen atoms in total. The molecule has 0 aliphatic carbocycles. The third-order valence-corrected chi connectivity index (χ3v) is 6.47. The maximum atomic E-state index is 5.56. The molecule has 2 aromatic carbocycles. The normalized spacial score (nSPS) is 15.2. The highest BCUT2D eigenvalue weighted by molar-refractivity contribution is 5.85. The van der Waals surface area contributed by atoms with E-state index in [4.69, 9.17) is 4.42 Å². The molecule has 1 saturated heterocycles. The topological polar surface area (TPSA) is 63.2 Å². The number of rotatable bonds is 6. The molecule has 0 radical (unpaired) electrons. The van der Waals surface area contributed by atoms with Crippen LogP contribution in [0.4, 0.5) is 5.69 Å². The van der Waals surface area contributed by atoms with Crippen molar-refractivity contribution in [1.29, 1.82) is 0 Å². The van der Waals surface area contributed by atoms with Gasteiger partial charge in [-0.3, -0.25) is 4.90 Å². The van der Waals surface area contributed by atoms with Crippen LogP contribution in [-0.2, 0) is 6.54 Å². The number of tetrazole rings is 1. The van der Waals surface area contributed by atoms with E-state index in [0.29, 0.717) is 6.54 Å². The molecule has 0 N–H and O–H groups in total. The Balaban J connectivity index is 0.00000274. The maximum Gasteiger partial charge on any atom is 0.173 e. The number of hydrogen-bond acceptors (Lipinski definition) is 6. The number of anilines is 1. The van der Waals surface area contributed by atoms with E-state index < -0.39 is 0 Å². The molecule has 0 spiro atoms. The number of aryl methyl sites for hydroxylation is 3. The standard InChI is InChI=1S/C26H30N6O.ClH/c1-19-7-10-22(11-8-19)25(26-27-28-29-32(26)18-23-5-4-16-33-23)31-14-12-30(13-15-31)24-17-20(2)6-9-21(24)3;/h4-11,16-17,25H,12-15,18H2,1-3H3;1H. The zero-order valence-corrected chi connectivity index (χ0v) is 20.7. The predicted molar refractivity (Wildman–Crippen MR) is 136 cm³/mol. The van der Waals surface area contributed by atoms with E-state index in [9.17, 15) is 0 Å². The first-order chi connectivity index (χ1) is 16.1. The zero-order chi connectivity index (χ0) is 22.8. The minimum atomic E-state index is -0.0173. The van der Waals surface area contributed by atoms with Crippen molar-refractivity contribution in [1.82, 2.24) is 25.1 Å². The Hall–Kier alpha value is -3.16. The lowest BCUT2D eigenvalue weighted by Crippen LogP contribution is -2.48. The third kappa shape index (κ3) is 5.00. The van der Waals surface area contributed by atoms with E-state index in [2.05, 4.69) is 88.6 Å². The van der Waals surface area contributed by atoms with Crippen LogP contribution in [-0.4, -0.2) is 51.3 Å². The van der Waals surface area contributed by atoms with E-state index in [1.54, 1.807) is 6.26 Å². The van der Waals surface area contributed by atoms with E-state index in [1.165, 1.54) is 27.9 Å². The second kappa shape index (κ2) is 10.4. The Bertz CT molecular complexity index is 1200. The van der Waals surface area contributed by atoms with Gasteiger partial charge in [0.1, 0.15) is 12.3 Å². The Morgan fingerprint density at radius 1 is 0.912 bits per heavy atom. The van der Waals surface area contributed by atoms with Gasteiger partial charge in [0.2, 0.25) is 0 Å². The van der Waals surface area contributed by atoms with Gasteiger partial charge in [0.15, 0.2) is 5.82 Å². The van der Waals surface area contributed by atoms with Crippen LogP contribution >= 0.6 is 12.4 Å². The second-order valence-corrected chi connectivity index (χ2v) is 8.90. The van der Waals surface area contributed by atoms with Crippen molar-refractivity contribution in [3.63, 3.8) is 0 Å². The summed E-state index contributed by atoms with van der Waals surface area (Å²) in [6.07, 6.45) is 1.68. The molecule has 2 aromatic heterocycles. The van der Waals surface area contributed by atoms with Gasteiger partial charge in [-0.25, -0.2) is 4.68 Å². The number of halogens is 1. The Morgan fingerprint density at radius 3 is 2.35 bits per heavy atom. The molecule has 1 unspecified atom stereocenters. The van der Waals surface area contributed by atoms with Crippen LogP contribution < -0.4 is 4.90 Å². The number of hydrogen-bond donors (Lipinski definition) is 0. The summed E-state index contributed by atoms with van der Waals surface area (Å²) in [4.78, 5) is 4.99. The Kier molecular flexibility index (Phi) is 7.34. The van der Waals surface area contributed by atoms with Crippen LogP contribution in [0.2, 0.25) is 0 Å². The van der Waals surface area contributed by atoms with Gasteiger partial charge in [0.25, 0.3) is 0 Å². The minimum absolute atomic E-state index is 0. The third-order valence-electron chi connectivity index (χ3n) is 6.47. The molecule has 4 aromatic rings. The quantitative estimate of drug-likeness (QED) is 0.404. The number of piperazine rings is 1. The molecule has 0 saturated carbocycles. The van der Waals surface area contributed by atoms with Gasteiger partial charge in [-0.05, 0) is 66.1 Å². The van der Waals surface area contributed by atoms with E-state index >= 15 is 0 Å². The number of nitrogens with zero attached hydrogens (tertiary/aromatic N) is 6. The summed E-state index contributed by atoms with van der Waals surface area (Å²) in [7, 11) is 0. The van der Waals surface area contributed by atoms with Crippen molar-refractivity contribution in [2.24, 2.45) is 0 Å². The first-order valence-electron chi connectivity index (χ1n) is 11.5. The van der Waals surface area contributed by atoms with E-state index in [-0.39, 0.29) is 18.4 Å². The first kappa shape index (κ1) is 24.0. The van der Waals surface area contributed by atoms with Gasteiger partial charge in [-0.2, -0.15) is 0 Å². The first-order valence-corrected chi connectivity index (χ1v) is 11.5. The molecule has 34 heavy (non-hydrogen) atoms. The molecule has 1 aliphatic heterocycles. The van der Waals surface area contributed by atoms with Crippen LogP contribution in [0.1, 0.15) is 39.9 Å².